The standard InChI is InChI=1S/C12H14N2O4/c1-7(15)6-9-13-11(12(16)17)8-4-3-5-10(18-2)14(8)9/h3-5,7,15H,6H2,1-2H3,(H,16,17). The smallest absolute Gasteiger partial charge is 0.356 e. The third-order valence-corrected chi connectivity index (χ3v) is 2.59. The van der Waals surface area contributed by atoms with Crippen LogP contribution in [0.2, 0.25) is 0 Å². The zero-order valence-corrected chi connectivity index (χ0v) is 10.1. The fourth-order valence-corrected chi connectivity index (χ4v) is 1.89. The molecule has 0 spiro atoms. The molecule has 0 aromatic carbocycles. The second kappa shape index (κ2) is 4.66. The van der Waals surface area contributed by atoms with Gasteiger partial charge in [0, 0.05) is 6.42 Å². The van der Waals surface area contributed by atoms with Gasteiger partial charge in [-0.15, -0.1) is 0 Å². The van der Waals surface area contributed by atoms with Gasteiger partial charge >= 0.3 is 5.97 Å². The van der Waals surface area contributed by atoms with Crippen molar-refractivity contribution < 1.29 is 19.7 Å². The molecule has 6 nitrogen and oxygen atoms in total. The zero-order chi connectivity index (χ0) is 13.3. The topological polar surface area (TPSA) is 84.1 Å². The summed E-state index contributed by atoms with van der Waals surface area (Å²) < 4.78 is 6.80. The lowest BCUT2D eigenvalue weighted by atomic mass is 10.3. The van der Waals surface area contributed by atoms with Crippen LogP contribution in [-0.4, -0.2) is 38.8 Å². The molecule has 0 aliphatic heterocycles. The Morgan fingerprint density at radius 2 is 2.28 bits per heavy atom. The van der Waals surface area contributed by atoms with E-state index in [1.54, 1.807) is 29.5 Å². The summed E-state index contributed by atoms with van der Waals surface area (Å²) in [6, 6.07) is 5.07. The van der Waals surface area contributed by atoms with Crippen LogP contribution in [0.5, 0.6) is 5.88 Å². The molecule has 0 aliphatic carbocycles. The maximum atomic E-state index is 11.1. The summed E-state index contributed by atoms with van der Waals surface area (Å²) in [5.41, 5.74) is 0.419. The monoisotopic (exact) mass is 250 g/mol. The second-order valence-electron chi connectivity index (χ2n) is 4.02. The highest BCUT2D eigenvalue weighted by atomic mass is 16.5. The number of aliphatic hydroxyl groups excluding tert-OH is 1. The predicted octanol–water partition coefficient (Wildman–Crippen LogP) is 0.964. The highest BCUT2D eigenvalue weighted by Crippen LogP contribution is 2.21. The van der Waals surface area contributed by atoms with Crippen molar-refractivity contribution in [1.29, 1.82) is 0 Å². The van der Waals surface area contributed by atoms with E-state index in [4.69, 9.17) is 9.84 Å². The molecule has 1 unspecified atom stereocenters. The number of fused-ring (bicyclic) bond motifs is 1. The lowest BCUT2D eigenvalue weighted by molar-refractivity contribution is 0.0693. The first kappa shape index (κ1) is 12.4. The van der Waals surface area contributed by atoms with Gasteiger partial charge in [-0.2, -0.15) is 0 Å². The van der Waals surface area contributed by atoms with Crippen LogP contribution in [0, 0.1) is 0 Å². The number of rotatable bonds is 4. The summed E-state index contributed by atoms with van der Waals surface area (Å²) in [6.07, 6.45) is -0.350. The van der Waals surface area contributed by atoms with E-state index < -0.39 is 12.1 Å². The van der Waals surface area contributed by atoms with Crippen molar-refractivity contribution in [3.05, 3.63) is 29.7 Å². The highest BCUT2D eigenvalue weighted by molar-refractivity contribution is 5.93. The molecule has 0 bridgehead atoms. The van der Waals surface area contributed by atoms with Crippen LogP contribution in [0.25, 0.3) is 5.52 Å². The molecule has 2 heterocycles. The molecular weight excluding hydrogens is 236 g/mol. The fourth-order valence-electron chi connectivity index (χ4n) is 1.89. The van der Waals surface area contributed by atoms with Gasteiger partial charge in [-0.25, -0.2) is 9.78 Å². The van der Waals surface area contributed by atoms with Crippen molar-refractivity contribution in [2.45, 2.75) is 19.4 Å². The van der Waals surface area contributed by atoms with E-state index in [9.17, 15) is 9.90 Å². The first-order chi connectivity index (χ1) is 8.54. The number of carbonyl (C=O) groups is 1. The van der Waals surface area contributed by atoms with Crippen molar-refractivity contribution >= 4 is 11.5 Å². The summed E-state index contributed by atoms with van der Waals surface area (Å²) in [5, 5.41) is 18.5. The van der Waals surface area contributed by atoms with Crippen molar-refractivity contribution in [3.8, 4) is 5.88 Å². The molecule has 1 atom stereocenters. The first-order valence-electron chi connectivity index (χ1n) is 5.50. The normalized spacial score (nSPS) is 12.6. The summed E-state index contributed by atoms with van der Waals surface area (Å²) in [6.45, 7) is 1.62. The van der Waals surface area contributed by atoms with Crippen LogP contribution >= 0.6 is 0 Å². The van der Waals surface area contributed by atoms with Gasteiger partial charge < -0.3 is 14.9 Å². The third kappa shape index (κ3) is 2.02. The number of pyridine rings is 1. The Morgan fingerprint density at radius 1 is 1.56 bits per heavy atom. The Kier molecular flexibility index (Phi) is 3.20. The molecule has 0 radical (unpaired) electrons. The summed E-state index contributed by atoms with van der Waals surface area (Å²) in [7, 11) is 1.50. The summed E-state index contributed by atoms with van der Waals surface area (Å²) in [5.74, 6) is -0.143. The molecule has 18 heavy (non-hydrogen) atoms. The van der Waals surface area contributed by atoms with E-state index in [1.807, 2.05) is 0 Å². The zero-order valence-electron chi connectivity index (χ0n) is 10.1. The molecule has 2 aromatic heterocycles. The second-order valence-corrected chi connectivity index (χ2v) is 4.02. The maximum absolute atomic E-state index is 11.1. The highest BCUT2D eigenvalue weighted by Gasteiger charge is 2.19. The number of hydrogen-bond acceptors (Lipinski definition) is 4. The average Bonchev–Trinajstić information content (AvgIpc) is 2.67. The molecule has 6 heteroatoms. The van der Waals surface area contributed by atoms with Crippen molar-refractivity contribution in [2.24, 2.45) is 0 Å². The molecule has 0 amide bonds. The molecule has 2 rings (SSSR count). The Bertz CT molecular complexity index is 589. The SMILES string of the molecule is COc1cccc2c(C(=O)O)nc(CC(C)O)n12. The molecule has 0 saturated carbocycles. The quantitative estimate of drug-likeness (QED) is 0.844. The number of hydrogen-bond donors (Lipinski definition) is 2. The van der Waals surface area contributed by atoms with Crippen molar-refractivity contribution in [3.63, 3.8) is 0 Å². The van der Waals surface area contributed by atoms with E-state index in [0.29, 0.717) is 17.2 Å². The van der Waals surface area contributed by atoms with Crippen LogP contribution in [0.4, 0.5) is 0 Å². The minimum atomic E-state index is -1.10. The number of carboxylic acids is 1. The summed E-state index contributed by atoms with van der Waals surface area (Å²) >= 11 is 0. The molecule has 96 valence electrons. The van der Waals surface area contributed by atoms with Crippen LogP contribution in [0.3, 0.4) is 0 Å². The van der Waals surface area contributed by atoms with Crippen LogP contribution in [0.15, 0.2) is 18.2 Å². The minimum Gasteiger partial charge on any atom is -0.482 e. The number of aromatic nitrogens is 2. The number of aliphatic hydroxyl groups is 1. The lowest BCUT2D eigenvalue weighted by Crippen LogP contribution is -2.09. The molecule has 0 fully saturated rings. The van der Waals surface area contributed by atoms with Gasteiger partial charge in [-0.05, 0) is 19.1 Å². The molecular formula is C12H14N2O4. The van der Waals surface area contributed by atoms with E-state index >= 15 is 0 Å². The van der Waals surface area contributed by atoms with E-state index in [1.165, 1.54) is 7.11 Å². The Morgan fingerprint density at radius 3 is 2.83 bits per heavy atom. The van der Waals surface area contributed by atoms with Crippen molar-refractivity contribution in [1.82, 2.24) is 9.38 Å². The van der Waals surface area contributed by atoms with Gasteiger partial charge in [-0.3, -0.25) is 4.40 Å². The van der Waals surface area contributed by atoms with Gasteiger partial charge in [0.05, 0.1) is 18.7 Å². The van der Waals surface area contributed by atoms with Gasteiger partial charge in [0.25, 0.3) is 0 Å². The minimum absolute atomic E-state index is 0.0375. The van der Waals surface area contributed by atoms with Crippen LogP contribution < -0.4 is 4.74 Å². The molecule has 2 aromatic rings. The van der Waals surface area contributed by atoms with Crippen molar-refractivity contribution in [2.75, 3.05) is 7.11 Å². The van der Waals surface area contributed by atoms with E-state index in [2.05, 4.69) is 4.98 Å². The van der Waals surface area contributed by atoms with Gasteiger partial charge in [0.1, 0.15) is 5.82 Å². The number of nitrogens with zero attached hydrogens (tertiary/aromatic N) is 2. The van der Waals surface area contributed by atoms with E-state index in [-0.39, 0.29) is 12.1 Å². The largest absolute Gasteiger partial charge is 0.482 e. The molecule has 0 saturated heterocycles. The van der Waals surface area contributed by atoms with Gasteiger partial charge in [0.15, 0.2) is 11.6 Å². The average molecular weight is 250 g/mol. The molecule has 2 N–H and O–H groups in total. The van der Waals surface area contributed by atoms with Crippen LogP contribution in [-0.2, 0) is 6.42 Å². The lowest BCUT2D eigenvalue weighted by Gasteiger charge is -2.08. The van der Waals surface area contributed by atoms with E-state index in [0.717, 1.165) is 0 Å². The summed E-state index contributed by atoms with van der Waals surface area (Å²) in [4.78, 5) is 15.2. The Hall–Kier alpha value is -2.08. The number of methoxy groups -OCH3 is 1. The number of aromatic carboxylic acids is 1. The third-order valence-electron chi connectivity index (χ3n) is 2.59. The maximum Gasteiger partial charge on any atom is 0.356 e. The number of carboxylic acid groups (broad SMARTS) is 1. The predicted molar refractivity (Wildman–Crippen MR) is 64.1 cm³/mol. The fraction of sp³-hybridized carbons (Fsp3) is 0.333. The Balaban J connectivity index is 2.72. The molecule has 0 aliphatic rings. The van der Waals surface area contributed by atoms with Gasteiger partial charge in [0.2, 0.25) is 0 Å². The van der Waals surface area contributed by atoms with Gasteiger partial charge in [-0.1, -0.05) is 6.07 Å². The number of imidazole rings is 1. The number of ether oxygens (including phenoxy) is 1. The van der Waals surface area contributed by atoms with Crippen LogP contribution in [0.1, 0.15) is 23.2 Å². The first-order valence-corrected chi connectivity index (χ1v) is 5.50. The Labute approximate surface area is 103 Å².